The zero-order chi connectivity index (χ0) is 22.8. The Morgan fingerprint density at radius 2 is 2.06 bits per heavy atom. The Hall–Kier alpha value is -4.07. The summed E-state index contributed by atoms with van der Waals surface area (Å²) in [5, 5.41) is 5.33. The second-order valence-corrected chi connectivity index (χ2v) is 7.88. The molecule has 2 aromatic heterocycles. The van der Waals surface area contributed by atoms with Crippen molar-refractivity contribution in [2.75, 3.05) is 6.54 Å². The molecule has 1 saturated heterocycles. The van der Waals surface area contributed by atoms with Crippen molar-refractivity contribution in [1.82, 2.24) is 24.6 Å². The summed E-state index contributed by atoms with van der Waals surface area (Å²) in [6.07, 6.45) is 6.20. The highest BCUT2D eigenvalue weighted by Crippen LogP contribution is 2.32. The third-order valence-electron chi connectivity index (χ3n) is 5.80. The maximum Gasteiger partial charge on any atom is 0.246 e. The highest BCUT2D eigenvalue weighted by molar-refractivity contribution is 5.91. The summed E-state index contributed by atoms with van der Waals surface area (Å²) in [5.41, 5.74) is 1.38. The second kappa shape index (κ2) is 8.82. The molecule has 0 saturated carbocycles. The van der Waals surface area contributed by atoms with Crippen molar-refractivity contribution in [3.8, 4) is 22.8 Å². The number of nitrogens with zero attached hydrogens (tertiary/aromatic N) is 5. The average molecular weight is 443 g/mol. The molecule has 3 heterocycles. The van der Waals surface area contributed by atoms with Gasteiger partial charge in [-0.25, -0.2) is 19.0 Å². The van der Waals surface area contributed by atoms with Gasteiger partial charge in [0.25, 0.3) is 0 Å². The zero-order valence-corrected chi connectivity index (χ0v) is 17.9. The van der Waals surface area contributed by atoms with Crippen LogP contribution >= 0.6 is 0 Å². The zero-order valence-electron chi connectivity index (χ0n) is 17.9. The highest BCUT2D eigenvalue weighted by Gasteiger charge is 2.29. The van der Waals surface area contributed by atoms with Crippen LogP contribution in [0.2, 0.25) is 0 Å². The molecule has 4 aromatic rings. The van der Waals surface area contributed by atoms with E-state index in [1.165, 1.54) is 18.5 Å². The van der Waals surface area contributed by atoms with Crippen LogP contribution in [-0.4, -0.2) is 43.1 Å². The molecule has 7 nitrogen and oxygen atoms in total. The first kappa shape index (κ1) is 20.8. The number of carbonyl (C=O) groups is 1. The van der Waals surface area contributed by atoms with Crippen molar-refractivity contribution in [3.05, 3.63) is 79.5 Å². The Bertz CT molecular complexity index is 1320. The molecule has 0 radical (unpaired) electrons. The predicted octanol–water partition coefficient (Wildman–Crippen LogP) is 4.60. The summed E-state index contributed by atoms with van der Waals surface area (Å²) >= 11 is 0. The Kier molecular flexibility index (Phi) is 5.56. The maximum absolute atomic E-state index is 15.2. The summed E-state index contributed by atoms with van der Waals surface area (Å²) in [4.78, 5) is 22.5. The molecule has 5 rings (SSSR count). The minimum atomic E-state index is -0.455. The van der Waals surface area contributed by atoms with Gasteiger partial charge in [0.1, 0.15) is 29.3 Å². The van der Waals surface area contributed by atoms with Crippen molar-refractivity contribution in [2.24, 2.45) is 0 Å². The number of fused-ring (bicyclic) bond motifs is 1. The minimum absolute atomic E-state index is 0.0205. The molecule has 1 unspecified atom stereocenters. The molecule has 0 spiro atoms. The van der Waals surface area contributed by atoms with Gasteiger partial charge in [-0.1, -0.05) is 24.8 Å². The smallest absolute Gasteiger partial charge is 0.246 e. The van der Waals surface area contributed by atoms with Crippen LogP contribution in [0.3, 0.4) is 0 Å². The fourth-order valence-electron chi connectivity index (χ4n) is 4.25. The van der Waals surface area contributed by atoms with Crippen molar-refractivity contribution >= 4 is 16.9 Å². The Morgan fingerprint density at radius 1 is 1.21 bits per heavy atom. The number of carbonyl (C=O) groups excluding carboxylic acids is 1. The fourth-order valence-corrected chi connectivity index (χ4v) is 4.25. The normalized spacial score (nSPS) is 15.7. The van der Waals surface area contributed by atoms with E-state index in [4.69, 9.17) is 4.74 Å². The van der Waals surface area contributed by atoms with E-state index >= 15 is 4.39 Å². The molecule has 0 aliphatic carbocycles. The number of likely N-dealkylation sites (tertiary alicyclic amines) is 1. The summed E-state index contributed by atoms with van der Waals surface area (Å²) in [6.45, 7) is 4.75. The van der Waals surface area contributed by atoms with Crippen molar-refractivity contribution in [3.63, 3.8) is 0 Å². The van der Waals surface area contributed by atoms with Crippen molar-refractivity contribution in [2.45, 2.75) is 25.4 Å². The van der Waals surface area contributed by atoms with E-state index in [2.05, 4.69) is 21.6 Å². The van der Waals surface area contributed by atoms with E-state index in [1.807, 2.05) is 30.3 Å². The van der Waals surface area contributed by atoms with Crippen LogP contribution in [0.5, 0.6) is 11.5 Å². The Morgan fingerprint density at radius 3 is 2.85 bits per heavy atom. The second-order valence-electron chi connectivity index (χ2n) is 7.88. The topological polar surface area (TPSA) is 73.1 Å². The lowest BCUT2D eigenvalue weighted by Crippen LogP contribution is -2.37. The molecule has 166 valence electrons. The van der Waals surface area contributed by atoms with Gasteiger partial charge in [0, 0.05) is 24.4 Å². The number of halogens is 1. The Balaban J connectivity index is 1.48. The third-order valence-corrected chi connectivity index (χ3v) is 5.80. The van der Waals surface area contributed by atoms with Crippen molar-refractivity contribution < 1.29 is 13.9 Å². The molecular weight excluding hydrogens is 421 g/mol. The third kappa shape index (κ3) is 4.07. The van der Waals surface area contributed by atoms with Gasteiger partial charge >= 0.3 is 0 Å². The predicted molar refractivity (Wildman–Crippen MR) is 122 cm³/mol. The maximum atomic E-state index is 15.2. The van der Waals surface area contributed by atoms with Crippen LogP contribution in [0.15, 0.2) is 73.7 Å². The summed E-state index contributed by atoms with van der Waals surface area (Å²) < 4.78 is 22.6. The van der Waals surface area contributed by atoms with Gasteiger partial charge in [-0.2, -0.15) is 5.10 Å². The first-order valence-electron chi connectivity index (χ1n) is 10.8. The van der Waals surface area contributed by atoms with E-state index < -0.39 is 5.82 Å². The number of hydrogen-bond acceptors (Lipinski definition) is 5. The number of rotatable bonds is 6. The van der Waals surface area contributed by atoms with Gasteiger partial charge < -0.3 is 9.64 Å². The first-order chi connectivity index (χ1) is 16.1. The molecule has 33 heavy (non-hydrogen) atoms. The quantitative estimate of drug-likeness (QED) is 0.407. The lowest BCUT2D eigenvalue weighted by atomic mass is 10.1. The number of para-hydroxylation sites is 1. The van der Waals surface area contributed by atoms with E-state index in [0.717, 1.165) is 12.8 Å². The monoisotopic (exact) mass is 443 g/mol. The highest BCUT2D eigenvalue weighted by atomic mass is 19.1. The van der Waals surface area contributed by atoms with Crippen LogP contribution in [0, 0.1) is 5.82 Å². The SMILES string of the molecule is C=CC(=O)N1CCCC1Cn1nc(-c2ccc(Oc3ccccc3)cc2F)c2cncnc21. The summed E-state index contributed by atoms with van der Waals surface area (Å²) in [7, 11) is 0. The molecule has 1 amide bonds. The van der Waals surface area contributed by atoms with Crippen LogP contribution in [-0.2, 0) is 11.3 Å². The van der Waals surface area contributed by atoms with Crippen LogP contribution in [0.25, 0.3) is 22.3 Å². The fraction of sp³-hybridized carbons (Fsp3) is 0.200. The molecule has 1 atom stereocenters. The van der Waals surface area contributed by atoms with E-state index in [9.17, 15) is 4.79 Å². The molecule has 8 heteroatoms. The van der Waals surface area contributed by atoms with Gasteiger partial charge in [-0.05, 0) is 43.2 Å². The lowest BCUT2D eigenvalue weighted by Gasteiger charge is -2.23. The summed E-state index contributed by atoms with van der Waals surface area (Å²) in [6, 6.07) is 13.9. The number of ether oxygens (including phenoxy) is 1. The molecule has 1 fully saturated rings. The van der Waals surface area contributed by atoms with Crippen LogP contribution < -0.4 is 4.74 Å². The van der Waals surface area contributed by atoms with Crippen molar-refractivity contribution in [1.29, 1.82) is 0 Å². The molecule has 1 aliphatic heterocycles. The van der Waals surface area contributed by atoms with Gasteiger partial charge in [-0.3, -0.25) is 4.79 Å². The van der Waals surface area contributed by atoms with E-state index in [-0.39, 0.29) is 11.9 Å². The minimum Gasteiger partial charge on any atom is -0.457 e. The molecule has 0 bridgehead atoms. The Labute approximate surface area is 190 Å². The number of hydrogen-bond donors (Lipinski definition) is 0. The van der Waals surface area contributed by atoms with E-state index in [1.54, 1.807) is 27.9 Å². The lowest BCUT2D eigenvalue weighted by molar-refractivity contribution is -0.127. The number of benzene rings is 2. The molecule has 2 aromatic carbocycles. The average Bonchev–Trinajstić information content (AvgIpc) is 3.45. The molecule has 1 aliphatic rings. The number of amides is 1. The molecule has 0 N–H and O–H groups in total. The van der Waals surface area contributed by atoms with Gasteiger partial charge in [0.15, 0.2) is 5.65 Å². The summed E-state index contributed by atoms with van der Waals surface area (Å²) in [5.74, 6) is 0.474. The standard InChI is InChI=1S/C25H22FN5O2/c1-2-23(32)30-12-6-7-17(30)15-31-25-21(14-27-16-28-25)24(29-31)20-11-10-19(13-22(20)26)33-18-8-4-3-5-9-18/h2-5,8-11,13-14,16-17H,1,6-7,12,15H2. The van der Waals surface area contributed by atoms with Gasteiger partial charge in [0.05, 0.1) is 18.0 Å². The molecular formula is C25H22FN5O2. The van der Waals surface area contributed by atoms with Crippen LogP contribution in [0.1, 0.15) is 12.8 Å². The van der Waals surface area contributed by atoms with Gasteiger partial charge in [-0.15, -0.1) is 0 Å². The number of aromatic nitrogens is 4. The van der Waals surface area contributed by atoms with Crippen LogP contribution in [0.4, 0.5) is 4.39 Å². The first-order valence-corrected chi connectivity index (χ1v) is 10.8. The largest absolute Gasteiger partial charge is 0.457 e. The van der Waals surface area contributed by atoms with Gasteiger partial charge in [0.2, 0.25) is 5.91 Å². The van der Waals surface area contributed by atoms with E-state index in [0.29, 0.717) is 46.9 Å².